The average molecular weight is 383 g/mol. The van der Waals surface area contributed by atoms with Gasteiger partial charge in [-0.3, -0.25) is 4.79 Å². The number of anilines is 1. The van der Waals surface area contributed by atoms with Crippen LogP contribution in [0.25, 0.3) is 6.08 Å². The standard InChI is InChI=1S/C19H15BrN2O2/c1-2-3-14-10-13(4-9-18(14)23)11-15(12-21)19(24)22-17-7-5-16(20)6-8-17/h2,4-11,23H,1,3H2,(H,22,24)/b15-11-. The van der Waals surface area contributed by atoms with E-state index in [1.165, 1.54) is 12.1 Å². The summed E-state index contributed by atoms with van der Waals surface area (Å²) in [4.78, 5) is 12.2. The molecule has 0 aliphatic rings. The van der Waals surface area contributed by atoms with Crippen LogP contribution in [0.1, 0.15) is 11.1 Å². The summed E-state index contributed by atoms with van der Waals surface area (Å²) >= 11 is 3.32. The van der Waals surface area contributed by atoms with Gasteiger partial charge in [-0.15, -0.1) is 6.58 Å². The third-order valence-corrected chi connectivity index (χ3v) is 3.77. The van der Waals surface area contributed by atoms with Crippen molar-refractivity contribution >= 4 is 33.6 Å². The molecule has 120 valence electrons. The number of nitrogens with zero attached hydrogens (tertiary/aromatic N) is 1. The molecule has 0 heterocycles. The van der Waals surface area contributed by atoms with Gasteiger partial charge in [0.15, 0.2) is 0 Å². The van der Waals surface area contributed by atoms with E-state index in [0.29, 0.717) is 23.2 Å². The van der Waals surface area contributed by atoms with E-state index in [1.54, 1.807) is 42.5 Å². The fraction of sp³-hybridized carbons (Fsp3) is 0.0526. The average Bonchev–Trinajstić information content (AvgIpc) is 2.57. The first-order valence-electron chi connectivity index (χ1n) is 7.15. The van der Waals surface area contributed by atoms with Gasteiger partial charge in [-0.05, 0) is 60.0 Å². The number of aromatic hydroxyl groups is 1. The van der Waals surface area contributed by atoms with Crippen molar-refractivity contribution in [2.45, 2.75) is 6.42 Å². The number of carbonyl (C=O) groups is 1. The SMILES string of the molecule is C=CCc1cc(/C=C(/C#N)C(=O)Nc2ccc(Br)cc2)ccc1O. The molecule has 0 aliphatic heterocycles. The Hall–Kier alpha value is -2.84. The maximum Gasteiger partial charge on any atom is 0.266 e. The zero-order valence-corrected chi connectivity index (χ0v) is 14.4. The Morgan fingerprint density at radius 3 is 2.62 bits per heavy atom. The Bertz CT molecular complexity index is 833. The van der Waals surface area contributed by atoms with E-state index in [2.05, 4.69) is 27.8 Å². The third kappa shape index (κ3) is 4.58. The van der Waals surface area contributed by atoms with Crippen LogP contribution in [0.2, 0.25) is 0 Å². The summed E-state index contributed by atoms with van der Waals surface area (Å²) in [5.41, 5.74) is 1.92. The lowest BCUT2D eigenvalue weighted by molar-refractivity contribution is -0.112. The molecule has 0 unspecified atom stereocenters. The Morgan fingerprint density at radius 2 is 2.00 bits per heavy atom. The van der Waals surface area contributed by atoms with E-state index >= 15 is 0 Å². The van der Waals surface area contributed by atoms with E-state index in [9.17, 15) is 15.2 Å². The second-order valence-electron chi connectivity index (χ2n) is 5.01. The molecule has 0 fully saturated rings. The summed E-state index contributed by atoms with van der Waals surface area (Å²) in [5, 5.41) is 21.7. The van der Waals surface area contributed by atoms with E-state index in [4.69, 9.17) is 0 Å². The number of nitrogens with one attached hydrogen (secondary N) is 1. The summed E-state index contributed by atoms with van der Waals surface area (Å²) in [6.45, 7) is 3.64. The lowest BCUT2D eigenvalue weighted by Gasteiger charge is -2.06. The number of halogens is 1. The molecule has 2 aromatic rings. The summed E-state index contributed by atoms with van der Waals surface area (Å²) < 4.78 is 0.899. The van der Waals surface area contributed by atoms with Crippen LogP contribution < -0.4 is 5.32 Å². The highest BCUT2D eigenvalue weighted by Gasteiger charge is 2.10. The number of hydrogen-bond acceptors (Lipinski definition) is 3. The molecule has 0 aromatic heterocycles. The zero-order chi connectivity index (χ0) is 17.5. The van der Waals surface area contributed by atoms with Crippen molar-refractivity contribution in [3.8, 4) is 11.8 Å². The minimum absolute atomic E-state index is 0.0202. The van der Waals surface area contributed by atoms with Gasteiger partial charge in [0, 0.05) is 10.2 Å². The van der Waals surface area contributed by atoms with Crippen molar-refractivity contribution in [2.75, 3.05) is 5.32 Å². The second-order valence-corrected chi connectivity index (χ2v) is 5.93. The van der Waals surface area contributed by atoms with Crippen LogP contribution in [0.15, 0.2) is 65.2 Å². The molecular weight excluding hydrogens is 368 g/mol. The Morgan fingerprint density at radius 1 is 1.29 bits per heavy atom. The topological polar surface area (TPSA) is 73.1 Å². The number of phenolic OH excluding ortho intramolecular Hbond substituents is 1. The predicted octanol–water partition coefficient (Wildman–Crippen LogP) is 4.43. The number of nitriles is 1. The molecule has 0 bridgehead atoms. The molecule has 0 spiro atoms. The first kappa shape index (κ1) is 17.5. The molecule has 5 heteroatoms. The smallest absolute Gasteiger partial charge is 0.266 e. The van der Waals surface area contributed by atoms with Crippen molar-refractivity contribution in [3.63, 3.8) is 0 Å². The molecule has 0 saturated carbocycles. The minimum atomic E-state index is -0.488. The number of allylic oxidation sites excluding steroid dienone is 1. The summed E-state index contributed by atoms with van der Waals surface area (Å²) in [5.74, 6) is -0.331. The van der Waals surface area contributed by atoms with Gasteiger partial charge in [-0.1, -0.05) is 28.1 Å². The monoisotopic (exact) mass is 382 g/mol. The lowest BCUT2D eigenvalue weighted by Crippen LogP contribution is -2.13. The first-order chi connectivity index (χ1) is 11.5. The van der Waals surface area contributed by atoms with Crippen LogP contribution in [0.3, 0.4) is 0 Å². The van der Waals surface area contributed by atoms with Crippen LogP contribution in [0, 0.1) is 11.3 Å². The number of hydrogen-bond donors (Lipinski definition) is 2. The van der Waals surface area contributed by atoms with E-state index in [1.807, 2.05) is 6.07 Å². The van der Waals surface area contributed by atoms with E-state index in [-0.39, 0.29) is 11.3 Å². The predicted molar refractivity (Wildman–Crippen MR) is 98.4 cm³/mol. The number of phenols is 1. The van der Waals surface area contributed by atoms with Gasteiger partial charge in [-0.2, -0.15) is 5.26 Å². The molecule has 2 N–H and O–H groups in total. The van der Waals surface area contributed by atoms with Crippen molar-refractivity contribution in [1.82, 2.24) is 0 Å². The molecule has 2 rings (SSSR count). The number of rotatable bonds is 5. The lowest BCUT2D eigenvalue weighted by atomic mass is 10.0. The first-order valence-corrected chi connectivity index (χ1v) is 7.94. The highest BCUT2D eigenvalue weighted by molar-refractivity contribution is 9.10. The second kappa shape index (κ2) is 8.14. The van der Waals surface area contributed by atoms with Gasteiger partial charge < -0.3 is 10.4 Å². The minimum Gasteiger partial charge on any atom is -0.508 e. The fourth-order valence-corrected chi connectivity index (χ4v) is 2.33. The van der Waals surface area contributed by atoms with Crippen molar-refractivity contribution < 1.29 is 9.90 Å². The maximum absolute atomic E-state index is 12.2. The molecule has 1 amide bonds. The van der Waals surface area contributed by atoms with Crippen LogP contribution in [-0.2, 0) is 11.2 Å². The quantitative estimate of drug-likeness (QED) is 0.456. The van der Waals surface area contributed by atoms with Gasteiger partial charge in [0.2, 0.25) is 0 Å². The maximum atomic E-state index is 12.2. The Labute approximate surface area is 148 Å². The van der Waals surface area contributed by atoms with Crippen LogP contribution in [-0.4, -0.2) is 11.0 Å². The normalized spacial score (nSPS) is 10.8. The van der Waals surface area contributed by atoms with Crippen LogP contribution in [0.5, 0.6) is 5.75 Å². The highest BCUT2D eigenvalue weighted by Crippen LogP contribution is 2.21. The number of amides is 1. The van der Waals surface area contributed by atoms with Gasteiger partial charge in [-0.25, -0.2) is 0 Å². The van der Waals surface area contributed by atoms with Gasteiger partial charge in [0.25, 0.3) is 5.91 Å². The van der Waals surface area contributed by atoms with Crippen molar-refractivity contribution in [2.24, 2.45) is 0 Å². The summed E-state index contributed by atoms with van der Waals surface area (Å²) in [7, 11) is 0. The van der Waals surface area contributed by atoms with Crippen LogP contribution in [0.4, 0.5) is 5.69 Å². The van der Waals surface area contributed by atoms with Gasteiger partial charge in [0.05, 0.1) is 0 Å². The Balaban J connectivity index is 2.23. The molecule has 0 aliphatic carbocycles. The molecule has 2 aromatic carbocycles. The molecule has 24 heavy (non-hydrogen) atoms. The zero-order valence-electron chi connectivity index (χ0n) is 12.8. The van der Waals surface area contributed by atoms with E-state index < -0.39 is 5.91 Å². The highest BCUT2D eigenvalue weighted by atomic mass is 79.9. The Kier molecular flexibility index (Phi) is 5.94. The molecular formula is C19H15BrN2O2. The molecule has 0 atom stereocenters. The molecule has 4 nitrogen and oxygen atoms in total. The van der Waals surface area contributed by atoms with Crippen molar-refractivity contribution in [3.05, 3.63) is 76.3 Å². The number of benzene rings is 2. The summed E-state index contributed by atoms with van der Waals surface area (Å²) in [6, 6.07) is 13.9. The summed E-state index contributed by atoms with van der Waals surface area (Å²) in [6.07, 6.45) is 3.66. The fourth-order valence-electron chi connectivity index (χ4n) is 2.06. The van der Waals surface area contributed by atoms with Crippen LogP contribution >= 0.6 is 15.9 Å². The molecule has 0 radical (unpaired) electrons. The van der Waals surface area contributed by atoms with Crippen molar-refractivity contribution in [1.29, 1.82) is 5.26 Å². The van der Waals surface area contributed by atoms with E-state index in [0.717, 1.165) is 4.47 Å². The molecule has 0 saturated heterocycles. The largest absolute Gasteiger partial charge is 0.508 e. The third-order valence-electron chi connectivity index (χ3n) is 3.25. The number of carbonyl (C=O) groups excluding carboxylic acids is 1. The van der Waals surface area contributed by atoms with Gasteiger partial charge >= 0.3 is 0 Å². The van der Waals surface area contributed by atoms with Gasteiger partial charge in [0.1, 0.15) is 17.4 Å².